The summed E-state index contributed by atoms with van der Waals surface area (Å²) in [6.45, 7) is 2.66. The third-order valence-electron chi connectivity index (χ3n) is 5.51. The van der Waals surface area contributed by atoms with Crippen molar-refractivity contribution in [2.24, 2.45) is 0 Å². The van der Waals surface area contributed by atoms with Gasteiger partial charge in [0.1, 0.15) is 0 Å². The predicted molar refractivity (Wildman–Crippen MR) is 125 cm³/mol. The normalized spacial score (nSPS) is 12.7. The van der Waals surface area contributed by atoms with Crippen LogP contribution in [0.25, 0.3) is 6.08 Å². The molecule has 0 spiro atoms. The Bertz CT molecular complexity index is 1030. The molecule has 0 fully saturated rings. The number of ether oxygens (including phenoxy) is 1. The maximum absolute atomic E-state index is 12.8. The van der Waals surface area contributed by atoms with E-state index in [2.05, 4.69) is 19.1 Å². The summed E-state index contributed by atoms with van der Waals surface area (Å²) in [5.41, 5.74) is 5.23. The number of esters is 1. The van der Waals surface area contributed by atoms with Crippen LogP contribution in [-0.2, 0) is 28.8 Å². The Morgan fingerprint density at radius 2 is 2.00 bits per heavy atom. The van der Waals surface area contributed by atoms with Gasteiger partial charge in [-0.25, -0.2) is 4.79 Å². The van der Waals surface area contributed by atoms with Gasteiger partial charge in [0.05, 0.1) is 24.3 Å². The Morgan fingerprint density at radius 3 is 2.71 bits per heavy atom. The molecule has 0 unspecified atom stereocenters. The SMILES string of the molecule is CCc1ccc2c(c1)C=C(CN(CCO)C(=S)Cc1ccccc1C(=O)OC)C(=O)C2. The average Bonchev–Trinajstić information content (AvgIpc) is 2.78. The summed E-state index contributed by atoms with van der Waals surface area (Å²) in [5, 5.41) is 9.57. The van der Waals surface area contributed by atoms with Crippen LogP contribution in [0.4, 0.5) is 0 Å². The third-order valence-corrected chi connectivity index (χ3v) is 5.91. The van der Waals surface area contributed by atoms with E-state index in [1.54, 1.807) is 12.1 Å². The van der Waals surface area contributed by atoms with Gasteiger partial charge in [-0.1, -0.05) is 55.5 Å². The van der Waals surface area contributed by atoms with Crippen LogP contribution in [0.2, 0.25) is 0 Å². The summed E-state index contributed by atoms with van der Waals surface area (Å²) in [5.74, 6) is -0.349. The van der Waals surface area contributed by atoms with E-state index in [0.29, 0.717) is 42.1 Å². The van der Waals surface area contributed by atoms with Crippen molar-refractivity contribution in [2.75, 3.05) is 26.8 Å². The lowest BCUT2D eigenvalue weighted by atomic mass is 9.89. The first-order chi connectivity index (χ1) is 15.0. The van der Waals surface area contributed by atoms with Crippen molar-refractivity contribution in [2.45, 2.75) is 26.2 Å². The van der Waals surface area contributed by atoms with Crippen molar-refractivity contribution >= 4 is 35.0 Å². The summed E-state index contributed by atoms with van der Waals surface area (Å²) in [6, 6.07) is 13.4. The molecule has 5 nitrogen and oxygen atoms in total. The molecule has 0 saturated heterocycles. The minimum absolute atomic E-state index is 0.0671. The van der Waals surface area contributed by atoms with Crippen molar-refractivity contribution in [3.05, 3.63) is 75.9 Å². The van der Waals surface area contributed by atoms with Crippen LogP contribution in [0.1, 0.15) is 39.5 Å². The van der Waals surface area contributed by atoms with Crippen molar-refractivity contribution in [1.82, 2.24) is 4.90 Å². The lowest BCUT2D eigenvalue weighted by molar-refractivity contribution is -0.115. The van der Waals surface area contributed by atoms with E-state index in [1.165, 1.54) is 12.7 Å². The van der Waals surface area contributed by atoms with Crippen molar-refractivity contribution in [3.8, 4) is 0 Å². The van der Waals surface area contributed by atoms with Crippen LogP contribution in [0.3, 0.4) is 0 Å². The van der Waals surface area contributed by atoms with E-state index >= 15 is 0 Å². The van der Waals surface area contributed by atoms with Gasteiger partial charge in [-0.05, 0) is 40.8 Å². The number of hydrogen-bond acceptors (Lipinski definition) is 5. The van der Waals surface area contributed by atoms with Gasteiger partial charge < -0.3 is 14.7 Å². The van der Waals surface area contributed by atoms with E-state index in [9.17, 15) is 14.7 Å². The lowest BCUT2D eigenvalue weighted by Gasteiger charge is -2.27. The van der Waals surface area contributed by atoms with Crippen LogP contribution < -0.4 is 0 Å². The van der Waals surface area contributed by atoms with Crippen LogP contribution >= 0.6 is 12.2 Å². The molecule has 0 radical (unpaired) electrons. The van der Waals surface area contributed by atoms with Gasteiger partial charge in [0.15, 0.2) is 5.78 Å². The predicted octanol–water partition coefficient (Wildman–Crippen LogP) is 3.41. The minimum Gasteiger partial charge on any atom is -0.465 e. The Balaban J connectivity index is 1.82. The number of carbonyl (C=O) groups is 2. The second-order valence-corrected chi connectivity index (χ2v) is 7.99. The maximum Gasteiger partial charge on any atom is 0.338 e. The maximum atomic E-state index is 12.8. The molecule has 31 heavy (non-hydrogen) atoms. The molecule has 0 aliphatic heterocycles. The van der Waals surface area contributed by atoms with Gasteiger partial charge in [0.25, 0.3) is 0 Å². The fourth-order valence-corrected chi connectivity index (χ4v) is 4.04. The van der Waals surface area contributed by atoms with Crippen molar-refractivity contribution in [1.29, 1.82) is 0 Å². The zero-order valence-electron chi connectivity index (χ0n) is 17.9. The first kappa shape index (κ1) is 22.8. The number of ketones is 1. The average molecular weight is 438 g/mol. The number of nitrogens with zero attached hydrogens (tertiary/aromatic N) is 1. The number of rotatable bonds is 8. The Hall–Kier alpha value is -2.83. The molecule has 3 rings (SSSR count). The molecule has 1 aliphatic rings. The number of aryl methyl sites for hydroxylation is 1. The van der Waals surface area contributed by atoms with Gasteiger partial charge in [0, 0.05) is 31.5 Å². The standard InChI is InChI=1S/C25H27NO4S/c1-3-17-8-9-18-14-23(28)21(13-20(18)12-17)16-26(10-11-27)24(31)15-19-6-4-5-7-22(19)25(29)30-2/h4-9,12-13,27H,3,10-11,14-16H2,1-2H3. The number of carbonyl (C=O) groups excluding carboxylic acids is 2. The van der Waals surface area contributed by atoms with Crippen LogP contribution in [-0.4, -0.2) is 53.6 Å². The van der Waals surface area contributed by atoms with Gasteiger partial charge in [-0.3, -0.25) is 4.79 Å². The molecule has 0 saturated carbocycles. The number of benzene rings is 2. The Morgan fingerprint density at radius 1 is 1.23 bits per heavy atom. The molecular weight excluding hydrogens is 410 g/mol. The molecular formula is C25H27NO4S. The van der Waals surface area contributed by atoms with Crippen LogP contribution in [0, 0.1) is 0 Å². The quantitative estimate of drug-likeness (QED) is 0.504. The number of thiocarbonyl (C=S) groups is 1. The fraction of sp³-hybridized carbons (Fsp3) is 0.320. The highest BCUT2D eigenvalue weighted by atomic mass is 32.1. The Kier molecular flexibility index (Phi) is 7.71. The second kappa shape index (κ2) is 10.5. The van der Waals surface area contributed by atoms with Gasteiger partial charge in [-0.15, -0.1) is 0 Å². The minimum atomic E-state index is -0.416. The molecule has 0 aromatic heterocycles. The molecule has 1 N–H and O–H groups in total. The number of fused-ring (bicyclic) bond motifs is 1. The van der Waals surface area contributed by atoms with Crippen molar-refractivity contribution in [3.63, 3.8) is 0 Å². The van der Waals surface area contributed by atoms with Gasteiger partial charge >= 0.3 is 5.97 Å². The topological polar surface area (TPSA) is 66.8 Å². The molecule has 2 aromatic carbocycles. The number of hydrogen-bond donors (Lipinski definition) is 1. The smallest absolute Gasteiger partial charge is 0.338 e. The molecule has 162 valence electrons. The largest absolute Gasteiger partial charge is 0.465 e. The highest BCUT2D eigenvalue weighted by Gasteiger charge is 2.22. The number of Topliss-reactive ketones (excluding diaryl/α,β-unsaturated/α-hetero) is 1. The molecule has 1 aliphatic carbocycles. The summed E-state index contributed by atoms with van der Waals surface area (Å²) >= 11 is 5.65. The van der Waals surface area contributed by atoms with E-state index in [0.717, 1.165) is 23.1 Å². The second-order valence-electron chi connectivity index (χ2n) is 7.52. The van der Waals surface area contributed by atoms with E-state index in [4.69, 9.17) is 17.0 Å². The lowest BCUT2D eigenvalue weighted by Crippen LogP contribution is -2.37. The number of aliphatic hydroxyl groups excluding tert-OH is 1. The van der Waals surface area contributed by atoms with Crippen LogP contribution in [0.5, 0.6) is 0 Å². The summed E-state index contributed by atoms with van der Waals surface area (Å²) < 4.78 is 4.86. The molecule has 2 aromatic rings. The van der Waals surface area contributed by atoms with E-state index in [1.807, 2.05) is 29.2 Å². The third kappa shape index (κ3) is 5.46. The van der Waals surface area contributed by atoms with Crippen LogP contribution in [0.15, 0.2) is 48.0 Å². The molecule has 0 amide bonds. The Labute approximate surface area is 188 Å². The van der Waals surface area contributed by atoms with Gasteiger partial charge in [0.2, 0.25) is 0 Å². The molecule has 0 atom stereocenters. The number of aliphatic hydroxyl groups is 1. The fourth-order valence-electron chi connectivity index (χ4n) is 3.72. The zero-order valence-corrected chi connectivity index (χ0v) is 18.7. The summed E-state index contributed by atoms with van der Waals surface area (Å²) in [6.07, 6.45) is 3.59. The highest BCUT2D eigenvalue weighted by molar-refractivity contribution is 7.80. The van der Waals surface area contributed by atoms with E-state index in [-0.39, 0.29) is 12.4 Å². The highest BCUT2D eigenvalue weighted by Crippen LogP contribution is 2.24. The van der Waals surface area contributed by atoms with Gasteiger partial charge in [-0.2, -0.15) is 0 Å². The number of methoxy groups -OCH3 is 1. The first-order valence-corrected chi connectivity index (χ1v) is 10.8. The van der Waals surface area contributed by atoms with Crippen molar-refractivity contribution < 1.29 is 19.4 Å². The molecule has 0 heterocycles. The summed E-state index contributed by atoms with van der Waals surface area (Å²) in [7, 11) is 1.35. The zero-order chi connectivity index (χ0) is 22.4. The molecule has 0 bridgehead atoms. The van der Waals surface area contributed by atoms with E-state index < -0.39 is 5.97 Å². The first-order valence-electron chi connectivity index (χ1n) is 10.4. The summed E-state index contributed by atoms with van der Waals surface area (Å²) in [4.78, 5) is 27.2. The monoisotopic (exact) mass is 437 g/mol. The molecule has 6 heteroatoms.